The number of Topliss-reactive ketones (excluding diaryl/α,β-unsaturated/α-hetero) is 2. The van der Waals surface area contributed by atoms with E-state index in [2.05, 4.69) is 5.32 Å². The molecule has 3 heterocycles. The standard InChI is InChI=1S/C33H22ClN3O5/c34-24-10-4-2-8-22(24)31(39)28-29(30(38)20-13-16-21(17-14-20)37(41)42)36-26-12-6-1-7-19(26)15-18-27(36)33(28)23-9-3-5-11-25(23)35-32(33)40/h1-18,27-29H,(H,35,40)/t27-,28+,29-,33+/m0/s1. The van der Waals surface area contributed by atoms with Crippen molar-refractivity contribution in [1.82, 2.24) is 0 Å². The maximum atomic E-state index is 14.8. The van der Waals surface area contributed by atoms with Crippen LogP contribution >= 0.6 is 11.6 Å². The Bertz CT molecular complexity index is 1850. The quantitative estimate of drug-likeness (QED) is 0.175. The third-order valence-corrected chi connectivity index (χ3v) is 8.92. The van der Waals surface area contributed by atoms with Crippen molar-refractivity contribution in [2.45, 2.75) is 17.5 Å². The normalized spacial score (nSPS) is 23.2. The summed E-state index contributed by atoms with van der Waals surface area (Å²) < 4.78 is 0. The molecule has 8 nitrogen and oxygen atoms in total. The van der Waals surface area contributed by atoms with Crippen LogP contribution in [-0.4, -0.2) is 34.5 Å². The summed E-state index contributed by atoms with van der Waals surface area (Å²) in [7, 11) is 0. The van der Waals surface area contributed by atoms with Gasteiger partial charge in [0.05, 0.1) is 21.9 Å². The average molecular weight is 576 g/mol. The van der Waals surface area contributed by atoms with Crippen LogP contribution in [0.3, 0.4) is 0 Å². The number of carbonyl (C=O) groups excluding carboxylic acids is 3. The lowest BCUT2D eigenvalue weighted by Gasteiger charge is -2.37. The highest BCUT2D eigenvalue weighted by Gasteiger charge is 2.70. The van der Waals surface area contributed by atoms with Gasteiger partial charge in [0, 0.05) is 34.6 Å². The Hall–Kier alpha value is -5.08. The molecule has 3 aliphatic rings. The van der Waals surface area contributed by atoms with Gasteiger partial charge >= 0.3 is 0 Å². The van der Waals surface area contributed by atoms with E-state index in [4.69, 9.17) is 11.6 Å². The van der Waals surface area contributed by atoms with Gasteiger partial charge in [0.15, 0.2) is 11.6 Å². The van der Waals surface area contributed by atoms with Crippen LogP contribution in [0.4, 0.5) is 17.1 Å². The minimum atomic E-state index is -1.47. The van der Waals surface area contributed by atoms with E-state index < -0.39 is 39.9 Å². The highest BCUT2D eigenvalue weighted by molar-refractivity contribution is 6.34. The number of hydrogen-bond acceptors (Lipinski definition) is 6. The Kier molecular flexibility index (Phi) is 5.85. The number of nitrogens with one attached hydrogen (secondary N) is 1. The Labute approximate surface area is 245 Å². The number of nitro groups is 1. The van der Waals surface area contributed by atoms with Crippen molar-refractivity contribution in [3.8, 4) is 0 Å². The van der Waals surface area contributed by atoms with Crippen LogP contribution in [-0.2, 0) is 10.2 Å². The molecule has 3 aliphatic heterocycles. The number of nitrogens with zero attached hydrogens (tertiary/aromatic N) is 2. The number of hydrogen-bond donors (Lipinski definition) is 1. The number of fused-ring (bicyclic) bond motifs is 6. The molecule has 0 saturated carbocycles. The van der Waals surface area contributed by atoms with Gasteiger partial charge in [-0.15, -0.1) is 0 Å². The van der Waals surface area contributed by atoms with E-state index in [1.807, 2.05) is 53.5 Å². The molecule has 1 spiro atoms. The first-order valence-electron chi connectivity index (χ1n) is 13.4. The SMILES string of the molecule is O=C(c1ccc([N+](=O)[O-])cc1)[C@@H]1[C@H](C(=O)c2ccccc2Cl)[C@]2(C(=O)Nc3ccccc32)[C@@H]2C=Cc3ccccc3N12. The van der Waals surface area contributed by atoms with Gasteiger partial charge in [-0.05, 0) is 47.5 Å². The zero-order valence-corrected chi connectivity index (χ0v) is 22.7. The topological polar surface area (TPSA) is 110 Å². The molecular formula is C33H22ClN3O5. The number of rotatable bonds is 5. The number of ketones is 2. The molecule has 1 N–H and O–H groups in total. The van der Waals surface area contributed by atoms with E-state index in [-0.39, 0.29) is 27.7 Å². The largest absolute Gasteiger partial charge is 0.352 e. The number of carbonyl (C=O) groups is 3. The number of benzene rings is 4. The molecule has 206 valence electrons. The lowest BCUT2D eigenvalue weighted by Crippen LogP contribution is -2.51. The van der Waals surface area contributed by atoms with Crippen LogP contribution in [0, 0.1) is 16.0 Å². The first-order valence-corrected chi connectivity index (χ1v) is 13.8. The molecule has 0 unspecified atom stereocenters. The Balaban J connectivity index is 1.52. The summed E-state index contributed by atoms with van der Waals surface area (Å²) >= 11 is 6.56. The molecule has 9 heteroatoms. The first kappa shape index (κ1) is 25.9. The number of para-hydroxylation sites is 2. The van der Waals surface area contributed by atoms with Gasteiger partial charge in [0.25, 0.3) is 5.69 Å². The molecule has 4 aromatic carbocycles. The van der Waals surface area contributed by atoms with Crippen molar-refractivity contribution in [2.75, 3.05) is 10.2 Å². The van der Waals surface area contributed by atoms with Crippen molar-refractivity contribution in [1.29, 1.82) is 0 Å². The van der Waals surface area contributed by atoms with Gasteiger partial charge in [-0.3, -0.25) is 24.5 Å². The van der Waals surface area contributed by atoms with Crippen molar-refractivity contribution >= 4 is 52.2 Å². The lowest BCUT2D eigenvalue weighted by molar-refractivity contribution is -0.384. The third-order valence-electron chi connectivity index (χ3n) is 8.59. The van der Waals surface area contributed by atoms with Crippen molar-refractivity contribution in [3.05, 3.63) is 141 Å². The molecule has 42 heavy (non-hydrogen) atoms. The van der Waals surface area contributed by atoms with Crippen LogP contribution in [0.1, 0.15) is 31.8 Å². The molecular weight excluding hydrogens is 554 g/mol. The number of halogens is 1. The predicted molar refractivity (Wildman–Crippen MR) is 159 cm³/mol. The van der Waals surface area contributed by atoms with E-state index in [0.717, 1.165) is 5.56 Å². The second-order valence-corrected chi connectivity index (χ2v) is 11.0. The number of anilines is 2. The van der Waals surface area contributed by atoms with Crippen LogP contribution < -0.4 is 10.2 Å². The van der Waals surface area contributed by atoms with Crippen LogP contribution in [0.2, 0.25) is 5.02 Å². The molecule has 1 saturated heterocycles. The minimum Gasteiger partial charge on any atom is -0.352 e. The predicted octanol–water partition coefficient (Wildman–Crippen LogP) is 6.10. The summed E-state index contributed by atoms with van der Waals surface area (Å²) in [4.78, 5) is 56.4. The lowest BCUT2D eigenvalue weighted by atomic mass is 9.64. The highest BCUT2D eigenvalue weighted by atomic mass is 35.5. The van der Waals surface area contributed by atoms with Crippen LogP contribution in [0.25, 0.3) is 6.08 Å². The van der Waals surface area contributed by atoms with Crippen LogP contribution in [0.5, 0.6) is 0 Å². The van der Waals surface area contributed by atoms with Crippen LogP contribution in [0.15, 0.2) is 103 Å². The van der Waals surface area contributed by atoms with E-state index in [9.17, 15) is 24.5 Å². The second-order valence-electron chi connectivity index (χ2n) is 10.6. The zero-order valence-electron chi connectivity index (χ0n) is 21.9. The van der Waals surface area contributed by atoms with Gasteiger partial charge < -0.3 is 10.2 Å². The Morgan fingerprint density at radius 2 is 1.57 bits per heavy atom. The monoisotopic (exact) mass is 575 g/mol. The van der Waals surface area contributed by atoms with Gasteiger partial charge in [0.1, 0.15) is 11.5 Å². The van der Waals surface area contributed by atoms with Crippen molar-refractivity contribution < 1.29 is 19.3 Å². The summed E-state index contributed by atoms with van der Waals surface area (Å²) in [6.45, 7) is 0. The minimum absolute atomic E-state index is 0.161. The third kappa shape index (κ3) is 3.51. The summed E-state index contributed by atoms with van der Waals surface area (Å²) in [6.07, 6.45) is 3.81. The van der Waals surface area contributed by atoms with E-state index >= 15 is 0 Å². The molecule has 4 aromatic rings. The fraction of sp³-hybridized carbons (Fsp3) is 0.121. The molecule has 0 aliphatic carbocycles. The number of nitro benzene ring substituents is 1. The van der Waals surface area contributed by atoms with E-state index in [1.54, 1.807) is 36.4 Å². The summed E-state index contributed by atoms with van der Waals surface area (Å²) in [5, 5.41) is 14.5. The van der Waals surface area contributed by atoms with Gasteiger partial charge in [0.2, 0.25) is 5.91 Å². The maximum Gasteiger partial charge on any atom is 0.269 e. The number of non-ortho nitro benzene ring substituents is 1. The van der Waals surface area contributed by atoms with Gasteiger partial charge in [-0.1, -0.05) is 72.3 Å². The van der Waals surface area contributed by atoms with Gasteiger partial charge in [-0.25, -0.2) is 0 Å². The molecule has 0 aromatic heterocycles. The molecule has 4 atom stereocenters. The fourth-order valence-corrected chi connectivity index (χ4v) is 7.10. The molecule has 0 radical (unpaired) electrons. The van der Waals surface area contributed by atoms with Crippen molar-refractivity contribution in [2.24, 2.45) is 5.92 Å². The number of amides is 1. The van der Waals surface area contributed by atoms with Gasteiger partial charge in [-0.2, -0.15) is 0 Å². The second kappa shape index (κ2) is 9.49. The van der Waals surface area contributed by atoms with Crippen molar-refractivity contribution in [3.63, 3.8) is 0 Å². The highest BCUT2D eigenvalue weighted by Crippen LogP contribution is 2.58. The Morgan fingerprint density at radius 1 is 0.881 bits per heavy atom. The average Bonchev–Trinajstić information content (AvgIpc) is 3.49. The first-order chi connectivity index (χ1) is 20.3. The van der Waals surface area contributed by atoms with E-state index in [0.29, 0.717) is 16.9 Å². The zero-order chi connectivity index (χ0) is 29.2. The maximum absolute atomic E-state index is 14.8. The molecule has 7 rings (SSSR count). The summed E-state index contributed by atoms with van der Waals surface area (Å²) in [5.74, 6) is -2.44. The molecule has 1 amide bonds. The Morgan fingerprint density at radius 3 is 2.33 bits per heavy atom. The summed E-state index contributed by atoms with van der Waals surface area (Å²) in [6, 6.07) is 24.8. The molecule has 1 fully saturated rings. The molecule has 0 bridgehead atoms. The van der Waals surface area contributed by atoms with E-state index in [1.165, 1.54) is 24.3 Å². The fourth-order valence-electron chi connectivity index (χ4n) is 6.87. The smallest absolute Gasteiger partial charge is 0.269 e. The summed E-state index contributed by atoms with van der Waals surface area (Å²) in [5.41, 5.74) is 1.51.